The Bertz CT molecular complexity index is 835. The van der Waals surface area contributed by atoms with Crippen LogP contribution in [0.2, 0.25) is 0 Å². The predicted molar refractivity (Wildman–Crippen MR) is 102 cm³/mol. The fourth-order valence-electron chi connectivity index (χ4n) is 2.95. The molecule has 0 fully saturated rings. The van der Waals surface area contributed by atoms with Gasteiger partial charge in [-0.05, 0) is 42.4 Å². The molecule has 1 atom stereocenters. The summed E-state index contributed by atoms with van der Waals surface area (Å²) in [7, 11) is 1.93. The van der Waals surface area contributed by atoms with Crippen LogP contribution in [0.15, 0.2) is 84.9 Å². The first-order chi connectivity index (χ1) is 12.6. The van der Waals surface area contributed by atoms with Crippen LogP contribution in [0, 0.1) is 5.82 Å². The number of nitrogens with zero attached hydrogens (tertiary/aromatic N) is 1. The Balaban J connectivity index is 1.83. The van der Waals surface area contributed by atoms with Crippen LogP contribution in [0.1, 0.15) is 17.2 Å². The number of benzene rings is 3. The molecule has 3 nitrogen and oxygen atoms in total. The second kappa shape index (κ2) is 8.41. The van der Waals surface area contributed by atoms with E-state index in [0.29, 0.717) is 12.2 Å². The maximum absolute atomic E-state index is 13.1. The van der Waals surface area contributed by atoms with Crippen LogP contribution < -0.4 is 5.32 Å². The Labute approximate surface area is 153 Å². The maximum Gasteiger partial charge on any atom is 0.246 e. The van der Waals surface area contributed by atoms with Crippen LogP contribution in [-0.2, 0) is 11.3 Å². The highest BCUT2D eigenvalue weighted by atomic mass is 19.1. The third kappa shape index (κ3) is 4.55. The number of halogens is 1. The van der Waals surface area contributed by atoms with Crippen molar-refractivity contribution in [2.24, 2.45) is 0 Å². The van der Waals surface area contributed by atoms with E-state index in [9.17, 15) is 9.18 Å². The van der Waals surface area contributed by atoms with E-state index in [1.54, 1.807) is 12.1 Å². The largest absolute Gasteiger partial charge is 0.324 e. The molecule has 4 heteroatoms. The first kappa shape index (κ1) is 17.8. The van der Waals surface area contributed by atoms with Gasteiger partial charge in [0.25, 0.3) is 0 Å². The highest BCUT2D eigenvalue weighted by Crippen LogP contribution is 2.23. The molecule has 0 aliphatic carbocycles. The van der Waals surface area contributed by atoms with Crippen molar-refractivity contribution in [3.63, 3.8) is 0 Å². The van der Waals surface area contributed by atoms with E-state index in [4.69, 9.17) is 0 Å². The molecule has 1 amide bonds. The third-order valence-electron chi connectivity index (χ3n) is 4.19. The van der Waals surface area contributed by atoms with Crippen LogP contribution >= 0.6 is 0 Å². The number of anilines is 1. The first-order valence-electron chi connectivity index (χ1n) is 8.49. The van der Waals surface area contributed by atoms with Gasteiger partial charge in [-0.2, -0.15) is 0 Å². The second-order valence-electron chi connectivity index (χ2n) is 6.21. The Hall–Kier alpha value is -2.98. The van der Waals surface area contributed by atoms with Crippen molar-refractivity contribution >= 4 is 11.6 Å². The summed E-state index contributed by atoms with van der Waals surface area (Å²) in [6, 6.07) is 25.0. The molecule has 3 aromatic carbocycles. The number of hydrogen-bond donors (Lipinski definition) is 1. The van der Waals surface area contributed by atoms with Crippen LogP contribution in [0.4, 0.5) is 10.1 Å². The van der Waals surface area contributed by atoms with E-state index >= 15 is 0 Å². The topological polar surface area (TPSA) is 32.3 Å². The molecule has 0 saturated carbocycles. The van der Waals surface area contributed by atoms with Crippen LogP contribution in [0.25, 0.3) is 0 Å². The minimum Gasteiger partial charge on any atom is -0.324 e. The van der Waals surface area contributed by atoms with E-state index in [1.165, 1.54) is 12.1 Å². The van der Waals surface area contributed by atoms with E-state index < -0.39 is 6.04 Å². The Morgan fingerprint density at radius 3 is 2.12 bits per heavy atom. The van der Waals surface area contributed by atoms with Gasteiger partial charge in [-0.1, -0.05) is 60.7 Å². The smallest absolute Gasteiger partial charge is 0.246 e. The van der Waals surface area contributed by atoms with Gasteiger partial charge >= 0.3 is 0 Å². The molecule has 0 aliphatic heterocycles. The van der Waals surface area contributed by atoms with E-state index in [2.05, 4.69) is 5.32 Å². The van der Waals surface area contributed by atoms with Crippen LogP contribution in [0.3, 0.4) is 0 Å². The first-order valence-corrected chi connectivity index (χ1v) is 8.49. The van der Waals surface area contributed by atoms with Gasteiger partial charge < -0.3 is 5.32 Å². The van der Waals surface area contributed by atoms with Gasteiger partial charge in [0, 0.05) is 12.2 Å². The van der Waals surface area contributed by atoms with E-state index in [0.717, 1.165) is 11.1 Å². The number of carbonyl (C=O) groups is 1. The number of hydrogen-bond acceptors (Lipinski definition) is 2. The zero-order chi connectivity index (χ0) is 18.4. The third-order valence-corrected chi connectivity index (χ3v) is 4.19. The summed E-state index contributed by atoms with van der Waals surface area (Å²) in [5, 5.41) is 2.89. The lowest BCUT2D eigenvalue weighted by Gasteiger charge is -2.27. The van der Waals surface area contributed by atoms with E-state index in [1.807, 2.05) is 72.6 Å². The Morgan fingerprint density at radius 1 is 0.923 bits per heavy atom. The highest BCUT2D eigenvalue weighted by molar-refractivity contribution is 5.95. The summed E-state index contributed by atoms with van der Waals surface area (Å²) in [6.45, 7) is 0.636. The zero-order valence-electron chi connectivity index (χ0n) is 14.6. The molecule has 1 N–H and O–H groups in total. The van der Waals surface area contributed by atoms with Crippen molar-refractivity contribution in [2.45, 2.75) is 12.6 Å². The molecule has 0 saturated heterocycles. The molecule has 132 valence electrons. The molecule has 0 spiro atoms. The molecule has 0 unspecified atom stereocenters. The van der Waals surface area contributed by atoms with E-state index in [-0.39, 0.29) is 11.7 Å². The standard InChI is InChI=1S/C22H21FN2O/c1-25(16-17-8-4-2-5-9-17)21(18-10-6-3-7-11-18)22(26)24-20-14-12-19(23)13-15-20/h2-15,21H,16H2,1H3,(H,24,26)/t21-/m1/s1. The average Bonchev–Trinajstić information content (AvgIpc) is 2.65. The second-order valence-corrected chi connectivity index (χ2v) is 6.21. The quantitative estimate of drug-likeness (QED) is 0.704. The molecular formula is C22H21FN2O. The predicted octanol–water partition coefficient (Wildman–Crippen LogP) is 4.64. The van der Waals surface area contributed by atoms with Crippen molar-refractivity contribution in [1.29, 1.82) is 0 Å². The number of nitrogens with one attached hydrogen (secondary N) is 1. The Morgan fingerprint density at radius 2 is 1.50 bits per heavy atom. The fraction of sp³-hybridized carbons (Fsp3) is 0.136. The maximum atomic E-state index is 13.1. The molecule has 0 heterocycles. The van der Waals surface area contributed by atoms with Crippen molar-refractivity contribution in [3.05, 3.63) is 102 Å². The van der Waals surface area contributed by atoms with Gasteiger partial charge in [0.1, 0.15) is 11.9 Å². The van der Waals surface area contributed by atoms with Crippen molar-refractivity contribution in [2.75, 3.05) is 12.4 Å². The van der Waals surface area contributed by atoms with Gasteiger partial charge in [0.2, 0.25) is 5.91 Å². The summed E-state index contributed by atoms with van der Waals surface area (Å²) in [6.07, 6.45) is 0. The molecule has 0 bridgehead atoms. The minimum absolute atomic E-state index is 0.152. The van der Waals surface area contributed by atoms with Gasteiger partial charge in [0.15, 0.2) is 0 Å². The molecule has 26 heavy (non-hydrogen) atoms. The molecule has 0 radical (unpaired) electrons. The molecule has 3 aromatic rings. The lowest BCUT2D eigenvalue weighted by atomic mass is 10.0. The molecule has 0 aliphatic rings. The SMILES string of the molecule is CN(Cc1ccccc1)[C@@H](C(=O)Nc1ccc(F)cc1)c1ccccc1. The number of likely N-dealkylation sites (N-methyl/N-ethyl adjacent to an activating group) is 1. The fourth-order valence-corrected chi connectivity index (χ4v) is 2.95. The van der Waals surface area contributed by atoms with Gasteiger partial charge in [-0.3, -0.25) is 9.69 Å². The van der Waals surface area contributed by atoms with Crippen LogP contribution in [0.5, 0.6) is 0 Å². The summed E-state index contributed by atoms with van der Waals surface area (Å²) in [5.41, 5.74) is 2.61. The lowest BCUT2D eigenvalue weighted by Crippen LogP contribution is -2.34. The van der Waals surface area contributed by atoms with Crippen LogP contribution in [-0.4, -0.2) is 17.9 Å². The number of carbonyl (C=O) groups excluding carboxylic acids is 1. The summed E-state index contributed by atoms with van der Waals surface area (Å²) >= 11 is 0. The summed E-state index contributed by atoms with van der Waals surface area (Å²) in [5.74, 6) is -0.481. The number of rotatable bonds is 6. The van der Waals surface area contributed by atoms with Gasteiger partial charge in [-0.15, -0.1) is 0 Å². The van der Waals surface area contributed by atoms with Gasteiger partial charge in [0.05, 0.1) is 0 Å². The molecule has 0 aromatic heterocycles. The average molecular weight is 348 g/mol. The highest BCUT2D eigenvalue weighted by Gasteiger charge is 2.25. The zero-order valence-corrected chi connectivity index (χ0v) is 14.6. The normalized spacial score (nSPS) is 12.0. The number of amides is 1. The molecule has 3 rings (SSSR count). The minimum atomic E-state index is -0.457. The van der Waals surface area contributed by atoms with Gasteiger partial charge in [-0.25, -0.2) is 4.39 Å². The van der Waals surface area contributed by atoms with Crippen molar-refractivity contribution in [3.8, 4) is 0 Å². The van der Waals surface area contributed by atoms with Crippen molar-refractivity contribution < 1.29 is 9.18 Å². The lowest BCUT2D eigenvalue weighted by molar-refractivity contribution is -0.121. The molecular weight excluding hydrogens is 327 g/mol. The summed E-state index contributed by atoms with van der Waals surface area (Å²) < 4.78 is 13.1. The Kier molecular flexibility index (Phi) is 5.77. The van der Waals surface area contributed by atoms with Crippen molar-refractivity contribution in [1.82, 2.24) is 4.90 Å². The monoisotopic (exact) mass is 348 g/mol. The summed E-state index contributed by atoms with van der Waals surface area (Å²) in [4.78, 5) is 15.0.